The predicted octanol–water partition coefficient (Wildman–Crippen LogP) is 3.19. The molecular formula is C19H17NO3S. The third kappa shape index (κ3) is 3.03. The van der Waals surface area contributed by atoms with Crippen molar-refractivity contribution < 1.29 is 13.1 Å². The first-order valence-corrected chi connectivity index (χ1v) is 9.08. The lowest BCUT2D eigenvalue weighted by molar-refractivity contribution is -0.646. The smallest absolute Gasteiger partial charge is 0.309 e. The van der Waals surface area contributed by atoms with Crippen LogP contribution in [0.5, 0.6) is 0 Å². The molecule has 4 nitrogen and oxygen atoms in total. The van der Waals surface area contributed by atoms with Crippen molar-refractivity contribution in [1.29, 1.82) is 0 Å². The second-order valence-electron chi connectivity index (χ2n) is 5.61. The van der Waals surface area contributed by atoms with Crippen LogP contribution in [-0.4, -0.2) is 8.42 Å². The fourth-order valence-electron chi connectivity index (χ4n) is 2.70. The minimum absolute atomic E-state index is 0.236. The van der Waals surface area contributed by atoms with Gasteiger partial charge in [-0.05, 0) is 23.6 Å². The molecule has 0 saturated heterocycles. The van der Waals surface area contributed by atoms with Crippen LogP contribution in [0, 0.1) is 12.1 Å². The van der Waals surface area contributed by atoms with Crippen molar-refractivity contribution in [1.82, 2.24) is 0 Å². The molecular weight excluding hydrogens is 322 g/mol. The molecule has 0 N–H and O–H groups in total. The minimum Gasteiger partial charge on any atom is -0.618 e. The van der Waals surface area contributed by atoms with Crippen LogP contribution in [0.25, 0.3) is 0 Å². The highest BCUT2D eigenvalue weighted by Crippen LogP contribution is 2.33. The zero-order chi connectivity index (χ0) is 17.2. The summed E-state index contributed by atoms with van der Waals surface area (Å²) in [6.45, 7) is 1.76. The van der Waals surface area contributed by atoms with E-state index in [2.05, 4.69) is 0 Å². The molecule has 0 fully saturated rings. The molecule has 0 bridgehead atoms. The molecule has 0 radical (unpaired) electrons. The summed E-state index contributed by atoms with van der Waals surface area (Å²) in [5, 5.41) is 11.0. The molecule has 0 aliphatic rings. The Hall–Kier alpha value is -2.66. The summed E-state index contributed by atoms with van der Waals surface area (Å²) < 4.78 is 27.0. The molecule has 0 aliphatic heterocycles. The third-order valence-electron chi connectivity index (χ3n) is 3.85. The summed E-state index contributed by atoms with van der Waals surface area (Å²) in [6, 6.07) is 20.9. The van der Waals surface area contributed by atoms with Crippen LogP contribution >= 0.6 is 0 Å². The number of hydrogen-bond donors (Lipinski definition) is 0. The van der Waals surface area contributed by atoms with Crippen molar-refractivity contribution in [2.75, 3.05) is 0 Å². The molecule has 1 aromatic heterocycles. The van der Waals surface area contributed by atoms with E-state index in [-0.39, 0.29) is 5.03 Å². The van der Waals surface area contributed by atoms with E-state index < -0.39 is 15.1 Å². The quantitative estimate of drug-likeness (QED) is 0.542. The lowest BCUT2D eigenvalue weighted by Crippen LogP contribution is -2.35. The maximum atomic E-state index is 13.3. The number of aromatic nitrogens is 1. The highest BCUT2D eigenvalue weighted by atomic mass is 32.2. The van der Waals surface area contributed by atoms with E-state index in [0.29, 0.717) is 15.9 Å². The Balaban J connectivity index is 2.24. The van der Waals surface area contributed by atoms with Gasteiger partial charge in [0.05, 0.1) is 0 Å². The normalized spacial score (nSPS) is 11.6. The number of hydrogen-bond acceptors (Lipinski definition) is 3. The molecule has 3 rings (SSSR count). The van der Waals surface area contributed by atoms with Crippen molar-refractivity contribution in [3.8, 4) is 0 Å². The SMILES string of the molecule is Cc1cc[n+]([O-])c(S(=O)(=O)C(c2ccccc2)c2ccccc2)c1. The van der Waals surface area contributed by atoms with Crippen molar-refractivity contribution >= 4 is 9.84 Å². The summed E-state index contributed by atoms with van der Waals surface area (Å²) in [5.74, 6) is 0. The van der Waals surface area contributed by atoms with Crippen molar-refractivity contribution in [2.24, 2.45) is 0 Å². The first-order chi connectivity index (χ1) is 11.5. The predicted molar refractivity (Wildman–Crippen MR) is 92.1 cm³/mol. The first kappa shape index (κ1) is 16.2. The molecule has 0 atom stereocenters. The number of aryl methyl sites for hydroxylation is 1. The lowest BCUT2D eigenvalue weighted by Gasteiger charge is -2.18. The molecule has 0 amide bonds. The van der Waals surface area contributed by atoms with Gasteiger partial charge in [0.25, 0.3) is 0 Å². The van der Waals surface area contributed by atoms with Gasteiger partial charge in [0, 0.05) is 12.1 Å². The Morgan fingerprint density at radius 3 is 1.88 bits per heavy atom. The van der Waals surface area contributed by atoms with E-state index >= 15 is 0 Å². The average Bonchev–Trinajstić information content (AvgIpc) is 2.59. The topological polar surface area (TPSA) is 61.1 Å². The molecule has 24 heavy (non-hydrogen) atoms. The molecule has 5 heteroatoms. The van der Waals surface area contributed by atoms with Gasteiger partial charge in [0.1, 0.15) is 5.25 Å². The average molecular weight is 339 g/mol. The standard InChI is InChI=1S/C19H17NO3S/c1-15-12-13-20(21)18(14-15)24(22,23)19(16-8-4-2-5-9-16)17-10-6-3-7-11-17/h2-14,19H,1H3. The maximum Gasteiger partial charge on any atom is 0.309 e. The summed E-state index contributed by atoms with van der Waals surface area (Å²) in [7, 11) is -3.91. The Morgan fingerprint density at radius 2 is 1.38 bits per heavy atom. The third-order valence-corrected chi connectivity index (χ3v) is 5.89. The second kappa shape index (κ2) is 6.45. The Labute approximate surface area is 141 Å². The molecule has 0 unspecified atom stereocenters. The van der Waals surface area contributed by atoms with Gasteiger partial charge in [-0.1, -0.05) is 60.7 Å². The second-order valence-corrected chi connectivity index (χ2v) is 7.59. The summed E-state index contributed by atoms with van der Waals surface area (Å²) in [5.41, 5.74) is 1.98. The van der Waals surface area contributed by atoms with E-state index in [1.165, 1.54) is 12.3 Å². The van der Waals surface area contributed by atoms with Gasteiger partial charge in [-0.3, -0.25) is 0 Å². The highest BCUT2D eigenvalue weighted by Gasteiger charge is 2.36. The summed E-state index contributed by atoms with van der Waals surface area (Å²) >= 11 is 0. The van der Waals surface area contributed by atoms with E-state index in [1.54, 1.807) is 61.5 Å². The molecule has 122 valence electrons. The highest BCUT2D eigenvalue weighted by molar-refractivity contribution is 7.91. The Kier molecular flexibility index (Phi) is 4.36. The van der Waals surface area contributed by atoms with Crippen LogP contribution in [0.3, 0.4) is 0 Å². The zero-order valence-corrected chi connectivity index (χ0v) is 14.0. The van der Waals surface area contributed by atoms with E-state index in [4.69, 9.17) is 0 Å². The number of benzene rings is 2. The monoisotopic (exact) mass is 339 g/mol. The van der Waals surface area contributed by atoms with Gasteiger partial charge in [0.15, 0.2) is 6.20 Å². The Morgan fingerprint density at radius 1 is 0.875 bits per heavy atom. The van der Waals surface area contributed by atoms with Crippen molar-refractivity contribution in [3.05, 3.63) is 101 Å². The van der Waals surface area contributed by atoms with Gasteiger partial charge >= 0.3 is 5.03 Å². The largest absolute Gasteiger partial charge is 0.618 e. The van der Waals surface area contributed by atoms with Crippen LogP contribution in [0.2, 0.25) is 0 Å². The number of pyridine rings is 1. The van der Waals surface area contributed by atoms with Crippen molar-refractivity contribution in [3.63, 3.8) is 0 Å². The molecule has 0 spiro atoms. The van der Waals surface area contributed by atoms with Crippen LogP contribution in [0.15, 0.2) is 84.0 Å². The van der Waals surface area contributed by atoms with E-state index in [9.17, 15) is 13.6 Å². The minimum atomic E-state index is -3.91. The molecule has 3 aromatic rings. The van der Waals surface area contributed by atoms with E-state index in [0.717, 1.165) is 5.56 Å². The zero-order valence-electron chi connectivity index (χ0n) is 13.2. The van der Waals surface area contributed by atoms with Crippen LogP contribution < -0.4 is 4.73 Å². The number of sulfone groups is 1. The molecule has 1 heterocycles. The van der Waals surface area contributed by atoms with Gasteiger partial charge in [-0.25, -0.2) is 8.42 Å². The van der Waals surface area contributed by atoms with Crippen LogP contribution in [0.4, 0.5) is 0 Å². The summed E-state index contributed by atoms with van der Waals surface area (Å²) in [4.78, 5) is 0. The molecule has 0 aliphatic carbocycles. The lowest BCUT2D eigenvalue weighted by atomic mass is 10.0. The molecule has 0 saturated carbocycles. The summed E-state index contributed by atoms with van der Waals surface area (Å²) in [6.07, 6.45) is 1.23. The molecule has 2 aromatic carbocycles. The van der Waals surface area contributed by atoms with Crippen molar-refractivity contribution in [2.45, 2.75) is 17.2 Å². The number of nitrogens with zero attached hydrogens (tertiary/aromatic N) is 1. The van der Waals surface area contributed by atoms with E-state index in [1.807, 2.05) is 12.1 Å². The van der Waals surface area contributed by atoms with Crippen LogP contribution in [-0.2, 0) is 9.84 Å². The fourth-order valence-corrected chi connectivity index (χ4v) is 4.63. The van der Waals surface area contributed by atoms with Gasteiger partial charge in [-0.15, -0.1) is 0 Å². The number of rotatable bonds is 4. The van der Waals surface area contributed by atoms with Gasteiger partial charge < -0.3 is 5.21 Å². The first-order valence-electron chi connectivity index (χ1n) is 7.54. The Bertz CT molecular complexity index is 899. The van der Waals surface area contributed by atoms with Gasteiger partial charge in [-0.2, -0.15) is 4.73 Å². The van der Waals surface area contributed by atoms with Crippen LogP contribution in [0.1, 0.15) is 21.9 Å². The fraction of sp³-hybridized carbons (Fsp3) is 0.105. The van der Waals surface area contributed by atoms with Gasteiger partial charge in [0.2, 0.25) is 9.84 Å². The maximum absolute atomic E-state index is 13.3.